The predicted molar refractivity (Wildman–Crippen MR) is 61.4 cm³/mol. The van der Waals surface area contributed by atoms with E-state index in [1.165, 1.54) is 6.42 Å². The van der Waals surface area contributed by atoms with Crippen molar-refractivity contribution in [3.63, 3.8) is 0 Å². The highest BCUT2D eigenvalue weighted by atomic mass is 16.2. The number of rotatable bonds is 4. The number of urea groups is 1. The van der Waals surface area contributed by atoms with E-state index < -0.39 is 0 Å². The van der Waals surface area contributed by atoms with Crippen LogP contribution in [0.2, 0.25) is 0 Å². The van der Waals surface area contributed by atoms with E-state index in [2.05, 4.69) is 6.92 Å². The number of piperidine rings is 1. The van der Waals surface area contributed by atoms with Crippen molar-refractivity contribution in [2.45, 2.75) is 45.1 Å². The fraction of sp³-hybridized carbons (Fsp3) is 0.909. The number of hydrogen-bond acceptors (Lipinski definition) is 2. The SMILES string of the molecule is CC(CN)CCC1CCCCN1C(N)=O. The van der Waals surface area contributed by atoms with Crippen molar-refractivity contribution in [2.75, 3.05) is 13.1 Å². The molecule has 88 valence electrons. The van der Waals surface area contributed by atoms with Gasteiger partial charge in [0.05, 0.1) is 0 Å². The molecule has 0 spiro atoms. The average Bonchev–Trinajstić information content (AvgIpc) is 2.26. The average molecular weight is 213 g/mol. The molecule has 2 unspecified atom stereocenters. The van der Waals surface area contributed by atoms with E-state index >= 15 is 0 Å². The molecule has 1 aliphatic rings. The van der Waals surface area contributed by atoms with Crippen molar-refractivity contribution >= 4 is 6.03 Å². The molecule has 0 aromatic rings. The van der Waals surface area contributed by atoms with Crippen molar-refractivity contribution < 1.29 is 4.79 Å². The molecule has 2 amide bonds. The lowest BCUT2D eigenvalue weighted by Gasteiger charge is -2.35. The van der Waals surface area contributed by atoms with Crippen LogP contribution in [0.1, 0.15) is 39.0 Å². The van der Waals surface area contributed by atoms with E-state index in [0.717, 1.165) is 38.8 Å². The standard InChI is InChI=1S/C11H23N3O/c1-9(8-12)5-6-10-4-2-3-7-14(10)11(13)15/h9-10H,2-8,12H2,1H3,(H2,13,15). The van der Waals surface area contributed by atoms with Crippen LogP contribution in [0.3, 0.4) is 0 Å². The molecular formula is C11H23N3O. The largest absolute Gasteiger partial charge is 0.351 e. The van der Waals surface area contributed by atoms with Crippen molar-refractivity contribution in [1.29, 1.82) is 0 Å². The Labute approximate surface area is 92.0 Å². The number of carbonyl (C=O) groups excluding carboxylic acids is 1. The van der Waals surface area contributed by atoms with Gasteiger partial charge in [-0.1, -0.05) is 6.92 Å². The Morgan fingerprint density at radius 2 is 2.27 bits per heavy atom. The minimum Gasteiger partial charge on any atom is -0.351 e. The Bertz CT molecular complexity index is 208. The lowest BCUT2D eigenvalue weighted by Crippen LogP contribution is -2.46. The zero-order valence-corrected chi connectivity index (χ0v) is 9.61. The molecule has 0 aromatic heterocycles. The molecule has 4 heteroatoms. The molecule has 1 rings (SSSR count). The zero-order valence-electron chi connectivity index (χ0n) is 9.61. The van der Waals surface area contributed by atoms with Crippen LogP contribution in [0.4, 0.5) is 4.79 Å². The lowest BCUT2D eigenvalue weighted by molar-refractivity contribution is 0.150. The van der Waals surface area contributed by atoms with Crippen LogP contribution in [0.5, 0.6) is 0 Å². The second-order valence-electron chi connectivity index (χ2n) is 4.60. The molecule has 1 heterocycles. The number of nitrogens with zero attached hydrogens (tertiary/aromatic N) is 1. The summed E-state index contributed by atoms with van der Waals surface area (Å²) in [5.41, 5.74) is 10.9. The molecule has 1 saturated heterocycles. The van der Waals surface area contributed by atoms with Crippen molar-refractivity contribution in [3.8, 4) is 0 Å². The van der Waals surface area contributed by atoms with Gasteiger partial charge in [0.15, 0.2) is 0 Å². The summed E-state index contributed by atoms with van der Waals surface area (Å²) in [6.07, 6.45) is 5.53. The summed E-state index contributed by atoms with van der Waals surface area (Å²) in [6, 6.07) is 0.0883. The van der Waals surface area contributed by atoms with Gasteiger partial charge >= 0.3 is 6.03 Å². The maximum Gasteiger partial charge on any atom is 0.315 e. The van der Waals surface area contributed by atoms with Gasteiger partial charge in [-0.15, -0.1) is 0 Å². The molecule has 0 aliphatic carbocycles. The first-order valence-corrected chi connectivity index (χ1v) is 5.91. The van der Waals surface area contributed by atoms with Crippen molar-refractivity contribution in [3.05, 3.63) is 0 Å². The third-order valence-corrected chi connectivity index (χ3v) is 3.31. The van der Waals surface area contributed by atoms with Crippen LogP contribution in [-0.4, -0.2) is 30.1 Å². The van der Waals surface area contributed by atoms with Gasteiger partial charge in [0.2, 0.25) is 0 Å². The molecule has 0 aromatic carbocycles. The van der Waals surface area contributed by atoms with Crippen LogP contribution in [0, 0.1) is 5.92 Å². The summed E-state index contributed by atoms with van der Waals surface area (Å²) in [5, 5.41) is 0. The second kappa shape index (κ2) is 5.95. The number of primary amides is 1. The quantitative estimate of drug-likeness (QED) is 0.738. The van der Waals surface area contributed by atoms with Crippen molar-refractivity contribution in [2.24, 2.45) is 17.4 Å². The van der Waals surface area contributed by atoms with Gasteiger partial charge in [-0.05, 0) is 44.6 Å². The van der Waals surface area contributed by atoms with Gasteiger partial charge in [0.25, 0.3) is 0 Å². The first kappa shape index (κ1) is 12.3. The Hall–Kier alpha value is -0.770. The number of amides is 2. The lowest BCUT2D eigenvalue weighted by atomic mass is 9.94. The molecule has 4 nitrogen and oxygen atoms in total. The first-order chi connectivity index (χ1) is 7.15. The Balaban J connectivity index is 2.39. The molecule has 0 radical (unpaired) electrons. The highest BCUT2D eigenvalue weighted by molar-refractivity contribution is 5.72. The van der Waals surface area contributed by atoms with Gasteiger partial charge in [-0.2, -0.15) is 0 Å². The number of nitrogens with two attached hydrogens (primary N) is 2. The molecule has 0 bridgehead atoms. The zero-order chi connectivity index (χ0) is 11.3. The third-order valence-electron chi connectivity index (χ3n) is 3.31. The summed E-state index contributed by atoms with van der Waals surface area (Å²) < 4.78 is 0. The summed E-state index contributed by atoms with van der Waals surface area (Å²) in [5.74, 6) is 0.543. The van der Waals surface area contributed by atoms with E-state index in [1.54, 1.807) is 0 Å². The summed E-state index contributed by atoms with van der Waals surface area (Å²) in [6.45, 7) is 3.71. The van der Waals surface area contributed by atoms with E-state index in [4.69, 9.17) is 11.5 Å². The predicted octanol–water partition coefficient (Wildman–Crippen LogP) is 1.29. The van der Waals surface area contributed by atoms with Crippen LogP contribution in [-0.2, 0) is 0 Å². The molecule has 1 fully saturated rings. The summed E-state index contributed by atoms with van der Waals surface area (Å²) >= 11 is 0. The van der Waals surface area contributed by atoms with Gasteiger partial charge in [-0.25, -0.2) is 4.79 Å². The normalized spacial score (nSPS) is 23.9. The highest BCUT2D eigenvalue weighted by Gasteiger charge is 2.24. The maximum atomic E-state index is 11.2. The number of carbonyl (C=O) groups is 1. The second-order valence-corrected chi connectivity index (χ2v) is 4.60. The van der Waals surface area contributed by atoms with Crippen LogP contribution in [0.15, 0.2) is 0 Å². The number of likely N-dealkylation sites (tertiary alicyclic amines) is 1. The molecule has 1 aliphatic heterocycles. The van der Waals surface area contributed by atoms with Gasteiger partial charge < -0.3 is 16.4 Å². The Morgan fingerprint density at radius 1 is 1.53 bits per heavy atom. The maximum absolute atomic E-state index is 11.2. The van der Waals surface area contributed by atoms with E-state index in [9.17, 15) is 4.79 Å². The first-order valence-electron chi connectivity index (χ1n) is 5.91. The topological polar surface area (TPSA) is 72.3 Å². The van der Waals surface area contributed by atoms with Gasteiger partial charge in [-0.3, -0.25) is 0 Å². The van der Waals surface area contributed by atoms with Crippen LogP contribution >= 0.6 is 0 Å². The summed E-state index contributed by atoms with van der Waals surface area (Å²) in [7, 11) is 0. The number of hydrogen-bond donors (Lipinski definition) is 2. The van der Waals surface area contributed by atoms with Crippen LogP contribution in [0.25, 0.3) is 0 Å². The highest BCUT2D eigenvalue weighted by Crippen LogP contribution is 2.22. The smallest absolute Gasteiger partial charge is 0.315 e. The minimum atomic E-state index is -0.264. The molecule has 4 N–H and O–H groups in total. The van der Waals surface area contributed by atoms with Crippen LogP contribution < -0.4 is 11.5 Å². The Kier molecular flexibility index (Phi) is 4.88. The molecule has 0 saturated carbocycles. The summed E-state index contributed by atoms with van der Waals surface area (Å²) in [4.78, 5) is 13.0. The molecule has 2 atom stereocenters. The molecule has 15 heavy (non-hydrogen) atoms. The molecular weight excluding hydrogens is 190 g/mol. The van der Waals surface area contributed by atoms with E-state index in [0.29, 0.717) is 12.0 Å². The third kappa shape index (κ3) is 3.70. The van der Waals surface area contributed by atoms with Gasteiger partial charge in [0, 0.05) is 12.6 Å². The fourth-order valence-electron chi connectivity index (χ4n) is 2.19. The minimum absolute atomic E-state index is 0.264. The van der Waals surface area contributed by atoms with Crippen molar-refractivity contribution in [1.82, 2.24) is 4.90 Å². The monoisotopic (exact) mass is 213 g/mol. The Morgan fingerprint density at radius 3 is 2.87 bits per heavy atom. The van der Waals surface area contributed by atoms with Gasteiger partial charge in [0.1, 0.15) is 0 Å². The van der Waals surface area contributed by atoms with E-state index in [-0.39, 0.29) is 6.03 Å². The fourth-order valence-corrected chi connectivity index (χ4v) is 2.19. The van der Waals surface area contributed by atoms with E-state index in [1.807, 2.05) is 4.90 Å².